The van der Waals surface area contributed by atoms with Crippen molar-refractivity contribution in [3.63, 3.8) is 0 Å². The molecule has 3 aromatic rings. The number of halogens is 1. The van der Waals surface area contributed by atoms with E-state index in [1.807, 2.05) is 37.3 Å². The molecule has 4 rings (SSSR count). The number of aliphatic carboxylic acids is 1. The largest absolute Gasteiger partial charge is 0.480 e. The highest BCUT2D eigenvalue weighted by Crippen LogP contribution is 2.36. The Labute approximate surface area is 187 Å². The Balaban J connectivity index is 1.52. The standard InChI is InChI=1S/C25H28FN3O3/c1-17-24(21-11-22(26)13-27-12-21)25(20-5-3-2-4-6-20)28-29(17)14-18-7-9-19(10-8-18)15-32-16-23(30)31/h2-6,11-13,18-19H,7-10,14-16H2,1H3,(H,30,31). The lowest BCUT2D eigenvalue weighted by Crippen LogP contribution is -2.23. The molecule has 1 aliphatic rings. The van der Waals surface area contributed by atoms with Gasteiger partial charge in [0.2, 0.25) is 0 Å². The van der Waals surface area contributed by atoms with E-state index >= 15 is 0 Å². The van der Waals surface area contributed by atoms with Crippen LogP contribution in [0.1, 0.15) is 31.4 Å². The van der Waals surface area contributed by atoms with Crippen LogP contribution in [0.4, 0.5) is 4.39 Å². The van der Waals surface area contributed by atoms with Gasteiger partial charge in [0.1, 0.15) is 18.1 Å². The molecule has 1 saturated carbocycles. The van der Waals surface area contributed by atoms with Gasteiger partial charge in [0.25, 0.3) is 0 Å². The predicted octanol–water partition coefficient (Wildman–Crippen LogP) is 4.97. The highest BCUT2D eigenvalue weighted by Gasteiger charge is 2.25. The number of rotatable bonds is 8. The Morgan fingerprint density at radius 2 is 1.84 bits per heavy atom. The van der Waals surface area contributed by atoms with Crippen LogP contribution in [0.5, 0.6) is 0 Å². The molecule has 1 aliphatic carbocycles. The zero-order chi connectivity index (χ0) is 22.5. The minimum atomic E-state index is -0.925. The first-order chi connectivity index (χ1) is 15.5. The Kier molecular flexibility index (Phi) is 6.95. The molecule has 0 amide bonds. The monoisotopic (exact) mass is 437 g/mol. The van der Waals surface area contributed by atoms with E-state index in [-0.39, 0.29) is 12.4 Å². The number of hydrogen-bond donors (Lipinski definition) is 1. The first kappa shape index (κ1) is 22.1. The van der Waals surface area contributed by atoms with Gasteiger partial charge in [0.15, 0.2) is 0 Å². The second-order valence-corrected chi connectivity index (χ2v) is 8.54. The lowest BCUT2D eigenvalue weighted by Gasteiger charge is -2.28. The lowest BCUT2D eigenvalue weighted by molar-refractivity contribution is -0.142. The van der Waals surface area contributed by atoms with Crippen LogP contribution in [-0.4, -0.2) is 39.1 Å². The number of ether oxygens (including phenoxy) is 1. The number of carboxylic acids is 1. The van der Waals surface area contributed by atoms with Crippen molar-refractivity contribution in [1.29, 1.82) is 0 Å². The second kappa shape index (κ2) is 10.0. The molecule has 0 saturated heterocycles. The van der Waals surface area contributed by atoms with Crippen molar-refractivity contribution in [3.8, 4) is 22.4 Å². The van der Waals surface area contributed by atoms with Gasteiger partial charge in [-0.1, -0.05) is 30.3 Å². The molecule has 0 radical (unpaired) electrons. The maximum atomic E-state index is 13.9. The summed E-state index contributed by atoms with van der Waals surface area (Å²) in [4.78, 5) is 14.7. The van der Waals surface area contributed by atoms with E-state index in [2.05, 4.69) is 9.67 Å². The summed E-state index contributed by atoms with van der Waals surface area (Å²) >= 11 is 0. The second-order valence-electron chi connectivity index (χ2n) is 8.54. The van der Waals surface area contributed by atoms with Crippen LogP contribution < -0.4 is 0 Å². The minimum absolute atomic E-state index is 0.230. The minimum Gasteiger partial charge on any atom is -0.480 e. The molecule has 2 heterocycles. The van der Waals surface area contributed by atoms with Crippen molar-refractivity contribution in [1.82, 2.24) is 14.8 Å². The summed E-state index contributed by atoms with van der Waals surface area (Å²) < 4.78 is 21.3. The van der Waals surface area contributed by atoms with E-state index in [0.29, 0.717) is 18.4 Å². The number of nitrogens with zero attached hydrogens (tertiary/aromatic N) is 3. The fraction of sp³-hybridized carbons (Fsp3) is 0.400. The Bertz CT molecular complexity index is 1060. The average Bonchev–Trinajstić information content (AvgIpc) is 3.11. The summed E-state index contributed by atoms with van der Waals surface area (Å²) in [5.74, 6) is -0.381. The van der Waals surface area contributed by atoms with E-state index in [9.17, 15) is 9.18 Å². The summed E-state index contributed by atoms with van der Waals surface area (Å²) in [6.45, 7) is 3.11. The number of benzene rings is 1. The van der Waals surface area contributed by atoms with Crippen molar-refractivity contribution in [3.05, 3.63) is 60.3 Å². The van der Waals surface area contributed by atoms with Gasteiger partial charge in [-0.2, -0.15) is 5.10 Å². The molecule has 1 N–H and O–H groups in total. The van der Waals surface area contributed by atoms with Crippen LogP contribution >= 0.6 is 0 Å². The molecule has 1 fully saturated rings. The highest BCUT2D eigenvalue weighted by atomic mass is 19.1. The molecule has 7 heteroatoms. The van der Waals surface area contributed by atoms with Crippen molar-refractivity contribution >= 4 is 5.97 Å². The molecule has 0 spiro atoms. The van der Waals surface area contributed by atoms with E-state index in [4.69, 9.17) is 14.9 Å². The highest BCUT2D eigenvalue weighted by molar-refractivity contribution is 5.82. The fourth-order valence-electron chi connectivity index (χ4n) is 4.55. The molecule has 32 heavy (non-hydrogen) atoms. The van der Waals surface area contributed by atoms with Gasteiger partial charge >= 0.3 is 5.97 Å². The van der Waals surface area contributed by atoms with Gasteiger partial charge in [-0.05, 0) is 50.5 Å². The molecule has 1 aromatic carbocycles. The molecule has 0 aliphatic heterocycles. The number of carbonyl (C=O) groups is 1. The van der Waals surface area contributed by atoms with Crippen molar-refractivity contribution in [2.75, 3.05) is 13.2 Å². The molecule has 168 valence electrons. The first-order valence-electron chi connectivity index (χ1n) is 11.0. The SMILES string of the molecule is Cc1c(-c2cncc(F)c2)c(-c2ccccc2)nn1CC1CCC(COCC(=O)O)CC1. The summed E-state index contributed by atoms with van der Waals surface area (Å²) in [6, 6.07) is 11.5. The third-order valence-electron chi connectivity index (χ3n) is 6.22. The van der Waals surface area contributed by atoms with Gasteiger partial charge in [0, 0.05) is 35.1 Å². The van der Waals surface area contributed by atoms with Crippen LogP contribution in [0.2, 0.25) is 0 Å². The van der Waals surface area contributed by atoms with Gasteiger partial charge in [0.05, 0.1) is 12.8 Å². The zero-order valence-corrected chi connectivity index (χ0v) is 18.2. The van der Waals surface area contributed by atoms with Crippen LogP contribution in [0.25, 0.3) is 22.4 Å². The number of aromatic nitrogens is 3. The van der Waals surface area contributed by atoms with Gasteiger partial charge in [-0.3, -0.25) is 9.67 Å². The van der Waals surface area contributed by atoms with Crippen LogP contribution in [0, 0.1) is 24.6 Å². The molecule has 6 nitrogen and oxygen atoms in total. The molecule has 0 bridgehead atoms. The normalized spacial score (nSPS) is 18.6. The van der Waals surface area contributed by atoms with Crippen molar-refractivity contribution < 1.29 is 19.0 Å². The predicted molar refractivity (Wildman–Crippen MR) is 119 cm³/mol. The fourth-order valence-corrected chi connectivity index (χ4v) is 4.55. The maximum Gasteiger partial charge on any atom is 0.329 e. The van der Waals surface area contributed by atoms with Crippen LogP contribution in [-0.2, 0) is 16.1 Å². The van der Waals surface area contributed by atoms with Gasteiger partial charge in [-0.25, -0.2) is 9.18 Å². The summed E-state index contributed by atoms with van der Waals surface area (Å²) in [5.41, 5.74) is 4.48. The molecule has 2 aromatic heterocycles. The summed E-state index contributed by atoms with van der Waals surface area (Å²) in [5, 5.41) is 13.7. The van der Waals surface area contributed by atoms with E-state index in [1.165, 1.54) is 12.3 Å². The molecule has 0 atom stereocenters. The third-order valence-corrected chi connectivity index (χ3v) is 6.22. The Morgan fingerprint density at radius 1 is 1.12 bits per heavy atom. The zero-order valence-electron chi connectivity index (χ0n) is 18.2. The van der Waals surface area contributed by atoms with Crippen LogP contribution in [0.3, 0.4) is 0 Å². The van der Waals surface area contributed by atoms with Gasteiger partial charge in [-0.15, -0.1) is 0 Å². The molecular weight excluding hydrogens is 409 g/mol. The Morgan fingerprint density at radius 3 is 2.53 bits per heavy atom. The quantitative estimate of drug-likeness (QED) is 0.539. The van der Waals surface area contributed by atoms with Crippen molar-refractivity contribution in [2.24, 2.45) is 11.8 Å². The molecular formula is C25H28FN3O3. The van der Waals surface area contributed by atoms with E-state index in [1.54, 1.807) is 6.20 Å². The first-order valence-corrected chi connectivity index (χ1v) is 11.0. The topological polar surface area (TPSA) is 77.2 Å². The summed E-state index contributed by atoms with van der Waals surface area (Å²) in [7, 11) is 0. The lowest BCUT2D eigenvalue weighted by atomic mass is 9.82. The van der Waals surface area contributed by atoms with Gasteiger partial charge < -0.3 is 9.84 Å². The Hall–Kier alpha value is -3.06. The number of carboxylic acid groups (broad SMARTS) is 1. The third kappa shape index (κ3) is 5.22. The van der Waals surface area contributed by atoms with Crippen LogP contribution in [0.15, 0.2) is 48.8 Å². The smallest absolute Gasteiger partial charge is 0.329 e. The maximum absolute atomic E-state index is 13.9. The van der Waals surface area contributed by atoms with Crippen molar-refractivity contribution in [2.45, 2.75) is 39.2 Å². The molecule has 0 unspecified atom stereocenters. The average molecular weight is 438 g/mol. The number of hydrogen-bond acceptors (Lipinski definition) is 4. The van der Waals surface area contributed by atoms with E-state index in [0.717, 1.165) is 60.3 Å². The number of pyridine rings is 1. The summed E-state index contributed by atoms with van der Waals surface area (Å²) in [6.07, 6.45) is 7.06. The van der Waals surface area contributed by atoms with E-state index < -0.39 is 5.97 Å².